The number of carbonyl (C=O) groups is 1. The second kappa shape index (κ2) is 3.11. The molecule has 12 heavy (non-hydrogen) atoms. The molecule has 1 aliphatic rings. The largest absolute Gasteiger partial charge is 0.275 e. The molecule has 1 amide bonds. The Bertz CT molecular complexity index is 228. The molecule has 0 unspecified atom stereocenters. The smallest absolute Gasteiger partial charge is 0.266 e. The molecular weight excluding hydrogens is 156 g/mol. The van der Waals surface area contributed by atoms with Crippen molar-refractivity contribution in [2.75, 3.05) is 14.2 Å². The van der Waals surface area contributed by atoms with Gasteiger partial charge in [0, 0.05) is 7.05 Å². The molecule has 1 saturated carbocycles. The number of rotatable bonds is 2. The third-order valence-electron chi connectivity index (χ3n) is 2.39. The van der Waals surface area contributed by atoms with Crippen LogP contribution in [0.1, 0.15) is 19.3 Å². The van der Waals surface area contributed by atoms with Crippen LogP contribution in [-0.2, 0) is 9.63 Å². The third kappa shape index (κ3) is 1.16. The average molecular weight is 168 g/mol. The SMILES string of the molecule is CON(C)C(=O)C1(C#N)CCC1. The lowest BCUT2D eigenvalue weighted by molar-refractivity contribution is -0.181. The number of nitriles is 1. The zero-order valence-corrected chi connectivity index (χ0v) is 7.33. The van der Waals surface area contributed by atoms with Gasteiger partial charge >= 0.3 is 0 Å². The van der Waals surface area contributed by atoms with E-state index in [9.17, 15) is 4.79 Å². The predicted octanol–water partition coefficient (Wildman–Crippen LogP) is 0.700. The van der Waals surface area contributed by atoms with Crippen molar-refractivity contribution < 1.29 is 9.63 Å². The number of amides is 1. The second-order valence-corrected chi connectivity index (χ2v) is 3.03. The molecular formula is C8H12N2O2. The Morgan fingerprint density at radius 2 is 2.25 bits per heavy atom. The van der Waals surface area contributed by atoms with Crippen LogP contribution in [0.3, 0.4) is 0 Å². The quantitative estimate of drug-likeness (QED) is 0.570. The van der Waals surface area contributed by atoms with E-state index in [0.717, 1.165) is 11.5 Å². The summed E-state index contributed by atoms with van der Waals surface area (Å²) in [5, 5.41) is 9.93. The number of hydroxylamine groups is 2. The molecule has 0 heterocycles. The highest BCUT2D eigenvalue weighted by Crippen LogP contribution is 2.41. The van der Waals surface area contributed by atoms with E-state index in [2.05, 4.69) is 6.07 Å². The highest BCUT2D eigenvalue weighted by atomic mass is 16.7. The molecule has 0 spiro atoms. The van der Waals surface area contributed by atoms with Crippen molar-refractivity contribution in [1.29, 1.82) is 5.26 Å². The Labute approximate surface area is 71.7 Å². The standard InChI is InChI=1S/C8H12N2O2/c1-10(12-2)7(11)8(6-9)4-3-5-8/h3-5H2,1-2H3. The van der Waals surface area contributed by atoms with Crippen LogP contribution in [-0.4, -0.2) is 25.1 Å². The van der Waals surface area contributed by atoms with Crippen LogP contribution in [0.2, 0.25) is 0 Å². The molecule has 0 aromatic carbocycles. The summed E-state index contributed by atoms with van der Waals surface area (Å²) in [5.41, 5.74) is -0.787. The van der Waals surface area contributed by atoms with Crippen LogP contribution in [0.4, 0.5) is 0 Å². The van der Waals surface area contributed by atoms with Crippen molar-refractivity contribution in [1.82, 2.24) is 5.06 Å². The molecule has 0 atom stereocenters. The van der Waals surface area contributed by atoms with E-state index < -0.39 is 5.41 Å². The molecule has 4 heteroatoms. The van der Waals surface area contributed by atoms with Crippen LogP contribution in [0.25, 0.3) is 0 Å². The summed E-state index contributed by atoms with van der Waals surface area (Å²) in [4.78, 5) is 16.2. The Morgan fingerprint density at radius 1 is 1.67 bits per heavy atom. The molecule has 0 N–H and O–H groups in total. The summed E-state index contributed by atoms with van der Waals surface area (Å²) in [6, 6.07) is 2.06. The monoisotopic (exact) mass is 168 g/mol. The van der Waals surface area contributed by atoms with E-state index >= 15 is 0 Å². The lowest BCUT2D eigenvalue weighted by Gasteiger charge is -2.35. The van der Waals surface area contributed by atoms with E-state index in [0.29, 0.717) is 12.8 Å². The second-order valence-electron chi connectivity index (χ2n) is 3.03. The van der Waals surface area contributed by atoms with Gasteiger partial charge in [-0.05, 0) is 19.3 Å². The number of nitrogens with zero attached hydrogens (tertiary/aromatic N) is 2. The van der Waals surface area contributed by atoms with Gasteiger partial charge in [-0.3, -0.25) is 9.63 Å². The fourth-order valence-electron chi connectivity index (χ4n) is 1.29. The van der Waals surface area contributed by atoms with Crippen molar-refractivity contribution >= 4 is 5.91 Å². The summed E-state index contributed by atoms with van der Waals surface area (Å²) < 4.78 is 0. The molecule has 4 nitrogen and oxygen atoms in total. The summed E-state index contributed by atoms with van der Waals surface area (Å²) in [7, 11) is 2.95. The van der Waals surface area contributed by atoms with Gasteiger partial charge in [0.25, 0.3) is 5.91 Å². The van der Waals surface area contributed by atoms with Crippen LogP contribution < -0.4 is 0 Å². The maximum Gasteiger partial charge on any atom is 0.266 e. The van der Waals surface area contributed by atoms with E-state index in [1.165, 1.54) is 14.2 Å². The summed E-state index contributed by atoms with van der Waals surface area (Å²) >= 11 is 0. The minimum atomic E-state index is -0.787. The Kier molecular flexibility index (Phi) is 2.34. The van der Waals surface area contributed by atoms with Crippen molar-refractivity contribution in [2.24, 2.45) is 5.41 Å². The van der Waals surface area contributed by atoms with Crippen LogP contribution in [0.15, 0.2) is 0 Å². The maximum absolute atomic E-state index is 11.5. The molecule has 1 aliphatic carbocycles. The van der Waals surface area contributed by atoms with E-state index in [1.54, 1.807) is 0 Å². The first-order valence-corrected chi connectivity index (χ1v) is 3.90. The van der Waals surface area contributed by atoms with Gasteiger partial charge in [-0.2, -0.15) is 5.26 Å². The van der Waals surface area contributed by atoms with E-state index in [-0.39, 0.29) is 5.91 Å². The number of hydrogen-bond donors (Lipinski definition) is 0. The lowest BCUT2D eigenvalue weighted by Crippen LogP contribution is -2.45. The van der Waals surface area contributed by atoms with Gasteiger partial charge in [0.1, 0.15) is 5.41 Å². The van der Waals surface area contributed by atoms with Crippen molar-refractivity contribution in [3.63, 3.8) is 0 Å². The van der Waals surface area contributed by atoms with Crippen molar-refractivity contribution in [3.8, 4) is 6.07 Å². The first kappa shape index (κ1) is 9.01. The third-order valence-corrected chi connectivity index (χ3v) is 2.39. The van der Waals surface area contributed by atoms with Gasteiger partial charge in [0.15, 0.2) is 0 Å². The molecule has 1 fully saturated rings. The van der Waals surface area contributed by atoms with Gasteiger partial charge in [0.2, 0.25) is 0 Å². The summed E-state index contributed by atoms with van der Waals surface area (Å²) in [6.45, 7) is 0. The fraction of sp³-hybridized carbons (Fsp3) is 0.750. The average Bonchev–Trinajstić information content (AvgIpc) is 2.02. The Morgan fingerprint density at radius 3 is 2.50 bits per heavy atom. The predicted molar refractivity (Wildman–Crippen MR) is 41.7 cm³/mol. The first-order chi connectivity index (χ1) is 5.66. The van der Waals surface area contributed by atoms with Crippen LogP contribution in [0, 0.1) is 16.7 Å². The highest BCUT2D eigenvalue weighted by Gasteiger charge is 2.46. The lowest BCUT2D eigenvalue weighted by atomic mass is 9.69. The number of carbonyl (C=O) groups excluding carboxylic acids is 1. The summed E-state index contributed by atoms with van der Waals surface area (Å²) in [6.07, 6.45) is 2.28. The molecule has 1 rings (SSSR count). The molecule has 0 radical (unpaired) electrons. The van der Waals surface area contributed by atoms with Crippen LogP contribution in [0.5, 0.6) is 0 Å². The maximum atomic E-state index is 11.5. The molecule has 0 aromatic rings. The minimum Gasteiger partial charge on any atom is -0.275 e. The highest BCUT2D eigenvalue weighted by molar-refractivity contribution is 5.85. The van der Waals surface area contributed by atoms with Crippen LogP contribution >= 0.6 is 0 Å². The van der Waals surface area contributed by atoms with Gasteiger partial charge in [-0.1, -0.05) is 0 Å². The Balaban J connectivity index is 2.68. The van der Waals surface area contributed by atoms with Gasteiger partial charge < -0.3 is 0 Å². The van der Waals surface area contributed by atoms with Crippen molar-refractivity contribution in [3.05, 3.63) is 0 Å². The van der Waals surface area contributed by atoms with E-state index in [4.69, 9.17) is 10.1 Å². The van der Waals surface area contributed by atoms with Gasteiger partial charge in [0.05, 0.1) is 13.2 Å². The molecule has 0 saturated heterocycles. The fourth-order valence-corrected chi connectivity index (χ4v) is 1.29. The zero-order valence-electron chi connectivity index (χ0n) is 7.33. The van der Waals surface area contributed by atoms with Crippen molar-refractivity contribution in [2.45, 2.75) is 19.3 Å². The van der Waals surface area contributed by atoms with Gasteiger partial charge in [-0.15, -0.1) is 0 Å². The zero-order chi connectivity index (χ0) is 9.19. The number of hydrogen-bond acceptors (Lipinski definition) is 3. The minimum absolute atomic E-state index is 0.223. The van der Waals surface area contributed by atoms with E-state index in [1.807, 2.05) is 0 Å². The first-order valence-electron chi connectivity index (χ1n) is 3.90. The molecule has 0 bridgehead atoms. The molecule has 0 aliphatic heterocycles. The topological polar surface area (TPSA) is 53.3 Å². The van der Waals surface area contributed by atoms with Gasteiger partial charge in [-0.25, -0.2) is 5.06 Å². The molecule has 66 valence electrons. The molecule has 0 aromatic heterocycles. The normalized spacial score (nSPS) is 19.1. The Hall–Kier alpha value is -1.08. The summed E-state index contributed by atoms with van der Waals surface area (Å²) in [5.74, 6) is -0.223.